The van der Waals surface area contributed by atoms with Gasteiger partial charge in [0.1, 0.15) is 18.1 Å². The number of rotatable bonds is 5. The Morgan fingerprint density at radius 3 is 2.79 bits per heavy atom. The highest BCUT2D eigenvalue weighted by molar-refractivity contribution is 6.02. The number of amides is 1. The molecule has 0 bridgehead atoms. The van der Waals surface area contributed by atoms with Crippen LogP contribution < -0.4 is 10.1 Å². The molecule has 1 aromatic heterocycles. The molecular formula is C19H14N2O3. The van der Waals surface area contributed by atoms with E-state index in [1.807, 2.05) is 30.3 Å². The molecule has 0 saturated heterocycles. The van der Waals surface area contributed by atoms with Gasteiger partial charge in [0.25, 0.3) is 5.91 Å². The molecule has 0 fully saturated rings. The Bertz CT molecular complexity index is 879. The Kier molecular flexibility index (Phi) is 4.59. The fraction of sp³-hybridized carbons (Fsp3) is 0.0526. The van der Waals surface area contributed by atoms with Gasteiger partial charge in [-0.2, -0.15) is 0 Å². The summed E-state index contributed by atoms with van der Waals surface area (Å²) in [5, 5.41) is 6.66. The highest BCUT2D eigenvalue weighted by Crippen LogP contribution is 2.21. The lowest BCUT2D eigenvalue weighted by molar-refractivity contribution is 0.0988. The molecule has 0 aliphatic rings. The summed E-state index contributed by atoms with van der Waals surface area (Å²) < 4.78 is 10.5. The molecule has 1 amide bonds. The minimum absolute atomic E-state index is 0.129. The van der Waals surface area contributed by atoms with Crippen LogP contribution in [-0.2, 0) is 0 Å². The summed E-state index contributed by atoms with van der Waals surface area (Å²) in [4.78, 5) is 12.3. The third-order valence-electron chi connectivity index (χ3n) is 3.22. The number of anilines is 1. The quantitative estimate of drug-likeness (QED) is 0.730. The van der Waals surface area contributed by atoms with Crippen LogP contribution in [0.2, 0.25) is 0 Å². The average molecular weight is 318 g/mol. The Morgan fingerprint density at radius 2 is 2.00 bits per heavy atom. The molecule has 0 radical (unpaired) electrons. The zero-order valence-electron chi connectivity index (χ0n) is 12.7. The fourth-order valence-corrected chi connectivity index (χ4v) is 2.11. The second kappa shape index (κ2) is 7.16. The molecule has 3 rings (SSSR count). The maximum absolute atomic E-state index is 12.3. The van der Waals surface area contributed by atoms with Crippen LogP contribution in [0.3, 0.4) is 0 Å². The topological polar surface area (TPSA) is 64.4 Å². The Morgan fingerprint density at radius 1 is 1.17 bits per heavy atom. The molecule has 118 valence electrons. The molecule has 1 N–H and O–H groups in total. The zero-order valence-corrected chi connectivity index (χ0v) is 12.7. The van der Waals surface area contributed by atoms with Crippen LogP contribution in [0.1, 0.15) is 10.6 Å². The molecule has 2 aromatic carbocycles. The molecule has 3 aromatic rings. The van der Waals surface area contributed by atoms with E-state index >= 15 is 0 Å². The van der Waals surface area contributed by atoms with Crippen molar-refractivity contribution in [1.29, 1.82) is 0 Å². The van der Waals surface area contributed by atoms with Crippen molar-refractivity contribution < 1.29 is 14.1 Å². The van der Waals surface area contributed by atoms with Crippen LogP contribution in [-0.4, -0.2) is 17.7 Å². The largest absolute Gasteiger partial charge is 0.481 e. The highest BCUT2D eigenvalue weighted by atomic mass is 16.5. The molecule has 24 heavy (non-hydrogen) atoms. The van der Waals surface area contributed by atoms with Crippen molar-refractivity contribution in [2.75, 3.05) is 11.9 Å². The van der Waals surface area contributed by atoms with Gasteiger partial charge in [-0.15, -0.1) is 6.42 Å². The summed E-state index contributed by atoms with van der Waals surface area (Å²) in [6.07, 6.45) is 5.16. The number of terminal acetylenes is 1. The number of hydrogen-bond donors (Lipinski definition) is 1. The maximum Gasteiger partial charge on any atom is 0.294 e. The first-order valence-electron chi connectivity index (χ1n) is 7.26. The molecule has 0 aliphatic carbocycles. The summed E-state index contributed by atoms with van der Waals surface area (Å²) >= 11 is 0. The first-order chi connectivity index (χ1) is 11.8. The maximum atomic E-state index is 12.3. The van der Waals surface area contributed by atoms with Gasteiger partial charge in [0.15, 0.2) is 0 Å². The summed E-state index contributed by atoms with van der Waals surface area (Å²) in [5.74, 6) is 2.70. The summed E-state index contributed by atoms with van der Waals surface area (Å²) in [6, 6.07) is 18.0. The molecule has 0 saturated carbocycles. The minimum Gasteiger partial charge on any atom is -0.481 e. The van der Waals surface area contributed by atoms with E-state index in [-0.39, 0.29) is 12.4 Å². The Hall–Kier alpha value is -3.52. The SMILES string of the molecule is C#CCOc1cccc(NC(=O)c2cc(-c3ccccc3)no2)c1. The van der Waals surface area contributed by atoms with Gasteiger partial charge in [-0.1, -0.05) is 47.5 Å². The van der Waals surface area contributed by atoms with Gasteiger partial charge >= 0.3 is 0 Å². The Balaban J connectivity index is 1.72. The van der Waals surface area contributed by atoms with Gasteiger partial charge in [0.05, 0.1) is 0 Å². The number of nitrogens with zero attached hydrogens (tertiary/aromatic N) is 1. The number of nitrogens with one attached hydrogen (secondary N) is 1. The van der Waals surface area contributed by atoms with Gasteiger partial charge < -0.3 is 14.6 Å². The fourth-order valence-electron chi connectivity index (χ4n) is 2.11. The van der Waals surface area contributed by atoms with Crippen LogP contribution in [0.25, 0.3) is 11.3 Å². The molecule has 1 heterocycles. The van der Waals surface area contributed by atoms with Crippen molar-refractivity contribution in [1.82, 2.24) is 5.16 Å². The van der Waals surface area contributed by atoms with Gasteiger partial charge in [-0.3, -0.25) is 4.79 Å². The highest BCUT2D eigenvalue weighted by Gasteiger charge is 2.14. The standard InChI is InChI=1S/C19H14N2O3/c1-2-11-23-16-10-6-9-15(12-16)20-19(22)18-13-17(21-24-18)14-7-4-3-5-8-14/h1,3-10,12-13H,11H2,(H,20,22). The van der Waals surface area contributed by atoms with E-state index in [0.29, 0.717) is 17.1 Å². The van der Waals surface area contributed by atoms with Crippen molar-refractivity contribution in [3.63, 3.8) is 0 Å². The lowest BCUT2D eigenvalue weighted by atomic mass is 10.1. The van der Waals surface area contributed by atoms with Gasteiger partial charge in [0.2, 0.25) is 5.76 Å². The predicted molar refractivity (Wildman–Crippen MR) is 90.7 cm³/mol. The normalized spacial score (nSPS) is 9.96. The summed E-state index contributed by atoms with van der Waals surface area (Å²) in [6.45, 7) is 0.167. The number of carbonyl (C=O) groups is 1. The van der Waals surface area contributed by atoms with Crippen molar-refractivity contribution in [3.8, 4) is 29.4 Å². The Labute approximate surface area is 139 Å². The van der Waals surface area contributed by atoms with E-state index in [4.69, 9.17) is 15.7 Å². The van der Waals surface area contributed by atoms with Crippen LogP contribution in [0.15, 0.2) is 65.2 Å². The second-order valence-corrected chi connectivity index (χ2v) is 4.92. The molecule has 5 nitrogen and oxygen atoms in total. The number of ether oxygens (including phenoxy) is 1. The molecule has 0 aliphatic heterocycles. The van der Waals surface area contributed by atoms with Crippen LogP contribution in [0, 0.1) is 12.3 Å². The molecule has 0 atom stereocenters. The molecular weight excluding hydrogens is 304 g/mol. The number of benzene rings is 2. The van der Waals surface area contributed by atoms with E-state index in [1.165, 1.54) is 0 Å². The van der Waals surface area contributed by atoms with Crippen molar-refractivity contribution >= 4 is 11.6 Å². The monoisotopic (exact) mass is 318 g/mol. The zero-order chi connectivity index (χ0) is 16.8. The van der Waals surface area contributed by atoms with Crippen molar-refractivity contribution in [2.24, 2.45) is 0 Å². The number of aromatic nitrogens is 1. The van der Waals surface area contributed by atoms with Gasteiger partial charge in [0, 0.05) is 23.4 Å². The first-order valence-corrected chi connectivity index (χ1v) is 7.26. The van der Waals surface area contributed by atoms with Gasteiger partial charge in [-0.25, -0.2) is 0 Å². The molecule has 0 spiro atoms. The van der Waals surface area contributed by atoms with Crippen molar-refractivity contribution in [3.05, 3.63) is 66.4 Å². The van der Waals surface area contributed by atoms with E-state index in [9.17, 15) is 4.79 Å². The van der Waals surface area contributed by atoms with Gasteiger partial charge in [-0.05, 0) is 12.1 Å². The van der Waals surface area contributed by atoms with Crippen LogP contribution >= 0.6 is 0 Å². The lowest BCUT2D eigenvalue weighted by Gasteiger charge is -2.06. The molecule has 5 heteroatoms. The smallest absolute Gasteiger partial charge is 0.294 e. The van der Waals surface area contributed by atoms with Crippen LogP contribution in [0.5, 0.6) is 5.75 Å². The second-order valence-electron chi connectivity index (χ2n) is 4.92. The van der Waals surface area contributed by atoms with E-state index in [2.05, 4.69) is 16.4 Å². The third kappa shape index (κ3) is 3.62. The van der Waals surface area contributed by atoms with Crippen LogP contribution in [0.4, 0.5) is 5.69 Å². The predicted octanol–water partition coefficient (Wildman–Crippen LogP) is 3.61. The minimum atomic E-state index is -0.390. The third-order valence-corrected chi connectivity index (χ3v) is 3.22. The number of hydrogen-bond acceptors (Lipinski definition) is 4. The van der Waals surface area contributed by atoms with E-state index in [1.54, 1.807) is 30.3 Å². The lowest BCUT2D eigenvalue weighted by Crippen LogP contribution is -2.10. The van der Waals surface area contributed by atoms with E-state index < -0.39 is 5.91 Å². The van der Waals surface area contributed by atoms with Crippen molar-refractivity contribution in [2.45, 2.75) is 0 Å². The average Bonchev–Trinajstić information content (AvgIpc) is 3.11. The van der Waals surface area contributed by atoms with E-state index in [0.717, 1.165) is 5.56 Å². The summed E-state index contributed by atoms with van der Waals surface area (Å²) in [5.41, 5.74) is 2.06. The molecule has 0 unspecified atom stereocenters. The number of carbonyl (C=O) groups excluding carboxylic acids is 1. The first kappa shape index (κ1) is 15.4. The summed E-state index contributed by atoms with van der Waals surface area (Å²) in [7, 11) is 0.